The second-order valence-corrected chi connectivity index (χ2v) is 9.38. The van der Waals surface area contributed by atoms with Crippen molar-refractivity contribution in [3.63, 3.8) is 0 Å². The Kier molecular flexibility index (Phi) is 12.4. The molecule has 4 atom stereocenters. The van der Waals surface area contributed by atoms with Crippen LogP contribution >= 0.6 is 0 Å². The fraction of sp³-hybridized carbons (Fsp3) is 0.864. The molecule has 0 aromatic heterocycles. The van der Waals surface area contributed by atoms with E-state index in [-0.39, 0.29) is 30.6 Å². The standard InChI is InChI=1S/C22H41NO9/c1-8-17(26)21(7,9-2)32-22(23,10-3)12-16(25)14-30-19(28)31-18(27)29-13-15(24)11-20(4,5)6/h15-16,24-25H,8-14,23H2,1-7H3. The van der Waals surface area contributed by atoms with Gasteiger partial charge in [-0.05, 0) is 31.6 Å². The first kappa shape index (κ1) is 30.2. The highest BCUT2D eigenvalue weighted by molar-refractivity contribution is 5.86. The molecule has 0 saturated heterocycles. The van der Waals surface area contributed by atoms with E-state index in [1.165, 1.54) is 0 Å². The zero-order valence-electron chi connectivity index (χ0n) is 20.4. The van der Waals surface area contributed by atoms with Crippen LogP contribution in [0, 0.1) is 5.41 Å². The highest BCUT2D eigenvalue weighted by atomic mass is 16.8. The zero-order chi connectivity index (χ0) is 25.2. The molecule has 0 saturated carbocycles. The van der Waals surface area contributed by atoms with Crippen LogP contribution in [0.4, 0.5) is 9.59 Å². The number of hydrogen-bond acceptors (Lipinski definition) is 10. The molecular weight excluding hydrogens is 422 g/mol. The highest BCUT2D eigenvalue weighted by Crippen LogP contribution is 2.28. The van der Waals surface area contributed by atoms with Crippen LogP contribution in [0.1, 0.15) is 80.6 Å². The monoisotopic (exact) mass is 463 g/mol. The van der Waals surface area contributed by atoms with Crippen LogP contribution in [-0.2, 0) is 23.7 Å². The molecule has 4 N–H and O–H groups in total. The summed E-state index contributed by atoms with van der Waals surface area (Å²) in [5.41, 5.74) is 3.66. The van der Waals surface area contributed by atoms with Gasteiger partial charge in [-0.25, -0.2) is 9.59 Å². The normalized spacial score (nSPS) is 17.4. The topological polar surface area (TPSA) is 155 Å². The summed E-state index contributed by atoms with van der Waals surface area (Å²) in [5.74, 6) is -0.108. The second-order valence-electron chi connectivity index (χ2n) is 9.38. The molecule has 0 radical (unpaired) electrons. The largest absolute Gasteiger partial charge is 0.518 e. The summed E-state index contributed by atoms with van der Waals surface area (Å²) in [6.45, 7) is 11.9. The summed E-state index contributed by atoms with van der Waals surface area (Å²) in [6, 6.07) is 0. The Morgan fingerprint density at radius 3 is 1.69 bits per heavy atom. The molecule has 188 valence electrons. The first-order chi connectivity index (χ1) is 14.6. The van der Waals surface area contributed by atoms with Gasteiger partial charge in [0.05, 0.1) is 12.2 Å². The van der Waals surface area contributed by atoms with Crippen LogP contribution in [0.5, 0.6) is 0 Å². The van der Waals surface area contributed by atoms with Crippen LogP contribution in [0.25, 0.3) is 0 Å². The summed E-state index contributed by atoms with van der Waals surface area (Å²) >= 11 is 0. The van der Waals surface area contributed by atoms with Crippen molar-refractivity contribution in [1.82, 2.24) is 0 Å². The van der Waals surface area contributed by atoms with E-state index in [4.69, 9.17) is 15.2 Å². The number of aliphatic hydroxyl groups is 2. The van der Waals surface area contributed by atoms with Gasteiger partial charge in [-0.15, -0.1) is 0 Å². The molecule has 32 heavy (non-hydrogen) atoms. The lowest BCUT2D eigenvalue weighted by atomic mass is 9.89. The van der Waals surface area contributed by atoms with Crippen molar-refractivity contribution in [3.05, 3.63) is 0 Å². The maximum absolute atomic E-state index is 12.2. The number of carbonyl (C=O) groups excluding carboxylic acids is 3. The molecule has 10 nitrogen and oxygen atoms in total. The molecule has 0 aromatic rings. The van der Waals surface area contributed by atoms with E-state index in [1.807, 2.05) is 20.8 Å². The van der Waals surface area contributed by atoms with Crippen LogP contribution in [0.15, 0.2) is 0 Å². The van der Waals surface area contributed by atoms with Gasteiger partial charge >= 0.3 is 12.3 Å². The lowest BCUT2D eigenvalue weighted by molar-refractivity contribution is -0.180. The molecule has 10 heteroatoms. The Balaban J connectivity index is 4.58. The minimum atomic E-state index is -1.36. The molecule has 0 aromatic carbocycles. The molecule has 0 amide bonds. The predicted octanol–water partition coefficient (Wildman–Crippen LogP) is 3.05. The Labute approximate surface area is 190 Å². The number of ether oxygens (including phenoxy) is 4. The van der Waals surface area contributed by atoms with Crippen molar-refractivity contribution < 1.29 is 43.5 Å². The molecule has 0 aliphatic carbocycles. The number of Topliss-reactive ketones (excluding diaryl/α,β-unsaturated/α-hetero) is 1. The highest BCUT2D eigenvalue weighted by Gasteiger charge is 2.40. The summed E-state index contributed by atoms with van der Waals surface area (Å²) in [7, 11) is 0. The molecule has 0 rings (SSSR count). The first-order valence-electron chi connectivity index (χ1n) is 11.0. The number of ketones is 1. The van der Waals surface area contributed by atoms with Gasteiger partial charge in [-0.3, -0.25) is 4.79 Å². The third-order valence-electron chi connectivity index (χ3n) is 5.00. The third-order valence-corrected chi connectivity index (χ3v) is 5.00. The van der Waals surface area contributed by atoms with Gasteiger partial charge in [0, 0.05) is 12.8 Å². The van der Waals surface area contributed by atoms with E-state index in [0.717, 1.165) is 0 Å². The predicted molar refractivity (Wildman–Crippen MR) is 117 cm³/mol. The van der Waals surface area contributed by atoms with Crippen LogP contribution in [0.3, 0.4) is 0 Å². The summed E-state index contributed by atoms with van der Waals surface area (Å²) in [4.78, 5) is 35.4. The number of nitrogens with two attached hydrogens (primary N) is 1. The van der Waals surface area contributed by atoms with E-state index in [9.17, 15) is 24.6 Å². The van der Waals surface area contributed by atoms with Gasteiger partial charge < -0.3 is 34.9 Å². The van der Waals surface area contributed by atoms with E-state index >= 15 is 0 Å². The van der Waals surface area contributed by atoms with Crippen LogP contribution < -0.4 is 5.73 Å². The van der Waals surface area contributed by atoms with Crippen LogP contribution in [0.2, 0.25) is 0 Å². The molecule has 0 spiro atoms. The molecule has 0 heterocycles. The molecular formula is C22H41NO9. The maximum atomic E-state index is 12.2. The van der Waals surface area contributed by atoms with Crippen molar-refractivity contribution >= 4 is 18.1 Å². The molecule has 0 aliphatic rings. The fourth-order valence-electron chi connectivity index (χ4n) is 3.09. The van der Waals surface area contributed by atoms with Gasteiger partial charge in [0.2, 0.25) is 0 Å². The Hall–Kier alpha value is -1.75. The lowest BCUT2D eigenvalue weighted by Gasteiger charge is -2.39. The molecule has 4 unspecified atom stereocenters. The van der Waals surface area contributed by atoms with Gasteiger partial charge in [-0.2, -0.15) is 0 Å². The average molecular weight is 464 g/mol. The molecule has 0 fully saturated rings. The van der Waals surface area contributed by atoms with Crippen molar-refractivity contribution in [2.45, 2.75) is 104 Å². The van der Waals surface area contributed by atoms with Crippen molar-refractivity contribution in [2.24, 2.45) is 11.1 Å². The SMILES string of the molecule is CCC(=O)C(C)(CC)OC(N)(CC)CC(O)COC(=O)OC(=O)OCC(O)CC(C)(C)C. The number of aliphatic hydroxyl groups excluding tert-OH is 2. The number of rotatable bonds is 13. The van der Waals surface area contributed by atoms with Gasteiger partial charge in [0.15, 0.2) is 5.78 Å². The third kappa shape index (κ3) is 11.8. The summed E-state index contributed by atoms with van der Waals surface area (Å²) in [6.07, 6.45) is -3.56. The van der Waals surface area contributed by atoms with Crippen molar-refractivity contribution in [1.29, 1.82) is 0 Å². The zero-order valence-corrected chi connectivity index (χ0v) is 20.4. The Morgan fingerprint density at radius 1 is 0.844 bits per heavy atom. The summed E-state index contributed by atoms with van der Waals surface area (Å²) in [5, 5.41) is 20.0. The average Bonchev–Trinajstić information content (AvgIpc) is 2.68. The molecule has 0 bridgehead atoms. The summed E-state index contributed by atoms with van der Waals surface area (Å²) < 4.78 is 19.6. The van der Waals surface area contributed by atoms with Gasteiger partial charge in [0.1, 0.15) is 24.5 Å². The van der Waals surface area contributed by atoms with Crippen molar-refractivity contribution in [2.75, 3.05) is 13.2 Å². The van der Waals surface area contributed by atoms with Crippen LogP contribution in [-0.4, -0.2) is 65.1 Å². The minimum absolute atomic E-state index is 0.108. The fourth-order valence-corrected chi connectivity index (χ4v) is 3.09. The number of carbonyl (C=O) groups is 3. The van der Waals surface area contributed by atoms with E-state index in [2.05, 4.69) is 9.47 Å². The maximum Gasteiger partial charge on any atom is 0.518 e. The minimum Gasteiger partial charge on any atom is -0.431 e. The smallest absolute Gasteiger partial charge is 0.431 e. The molecule has 0 aliphatic heterocycles. The Bertz CT molecular complexity index is 619. The van der Waals surface area contributed by atoms with E-state index < -0.39 is 42.5 Å². The first-order valence-corrected chi connectivity index (χ1v) is 11.0. The van der Waals surface area contributed by atoms with Gasteiger partial charge in [0.25, 0.3) is 0 Å². The lowest BCUT2D eigenvalue weighted by Crippen LogP contribution is -2.54. The quantitative estimate of drug-likeness (QED) is 0.211. The second kappa shape index (κ2) is 13.1. The van der Waals surface area contributed by atoms with E-state index in [1.54, 1.807) is 27.7 Å². The number of hydrogen-bond donors (Lipinski definition) is 3. The van der Waals surface area contributed by atoms with E-state index in [0.29, 0.717) is 19.3 Å². The Morgan fingerprint density at radius 2 is 1.31 bits per heavy atom. The van der Waals surface area contributed by atoms with Crippen molar-refractivity contribution in [3.8, 4) is 0 Å². The van der Waals surface area contributed by atoms with Gasteiger partial charge in [-0.1, -0.05) is 41.5 Å².